The lowest BCUT2D eigenvalue weighted by atomic mass is 10.0. The summed E-state index contributed by atoms with van der Waals surface area (Å²) in [5.74, 6) is 0.477. The molecule has 0 bridgehead atoms. The number of aliphatic hydroxyl groups is 1. The number of hydrogen-bond acceptors (Lipinski definition) is 3. The van der Waals surface area contributed by atoms with E-state index in [2.05, 4.69) is 15.9 Å². The molecule has 0 aliphatic rings. The van der Waals surface area contributed by atoms with Gasteiger partial charge in [0.05, 0.1) is 14.2 Å². The Morgan fingerprint density at radius 3 is 2.48 bits per heavy atom. The van der Waals surface area contributed by atoms with Crippen LogP contribution in [0, 0.1) is 5.82 Å². The first-order chi connectivity index (χ1) is 9.97. The molecule has 0 fully saturated rings. The zero-order valence-corrected chi connectivity index (χ0v) is 13.7. The number of ether oxygens (including phenoxy) is 2. The first-order valence-corrected chi connectivity index (χ1v) is 7.19. The van der Waals surface area contributed by atoms with Crippen LogP contribution in [0.5, 0.6) is 11.5 Å². The second kappa shape index (κ2) is 6.64. The lowest BCUT2D eigenvalue weighted by Crippen LogP contribution is -2.04. The fourth-order valence-electron chi connectivity index (χ4n) is 2.05. The van der Waals surface area contributed by atoms with Crippen molar-refractivity contribution in [1.82, 2.24) is 0 Å². The van der Waals surface area contributed by atoms with Crippen molar-refractivity contribution in [3.8, 4) is 11.5 Å². The maximum absolute atomic E-state index is 13.4. The van der Waals surface area contributed by atoms with Crippen molar-refractivity contribution >= 4 is 27.5 Å². The third-order valence-electron chi connectivity index (χ3n) is 3.01. The second-order valence-electron chi connectivity index (χ2n) is 4.31. The maximum atomic E-state index is 13.4. The summed E-state index contributed by atoms with van der Waals surface area (Å²) in [5.41, 5.74) is 0.821. The summed E-state index contributed by atoms with van der Waals surface area (Å²) in [7, 11) is 3.01. The zero-order valence-electron chi connectivity index (χ0n) is 11.4. The summed E-state index contributed by atoms with van der Waals surface area (Å²) < 4.78 is 24.5. The van der Waals surface area contributed by atoms with Gasteiger partial charge < -0.3 is 14.6 Å². The number of rotatable bonds is 4. The van der Waals surface area contributed by atoms with E-state index in [0.29, 0.717) is 27.1 Å². The van der Waals surface area contributed by atoms with E-state index in [1.807, 2.05) is 0 Å². The minimum atomic E-state index is -1.07. The van der Waals surface area contributed by atoms with Crippen LogP contribution in [0.3, 0.4) is 0 Å². The molecule has 0 aromatic heterocycles. The van der Waals surface area contributed by atoms with Crippen LogP contribution in [0.4, 0.5) is 4.39 Å². The normalized spacial score (nSPS) is 12.1. The molecule has 0 spiro atoms. The van der Waals surface area contributed by atoms with Gasteiger partial charge in [-0.3, -0.25) is 0 Å². The Morgan fingerprint density at radius 2 is 1.90 bits per heavy atom. The van der Waals surface area contributed by atoms with E-state index in [1.165, 1.54) is 32.4 Å². The molecule has 2 aromatic rings. The number of halogens is 3. The van der Waals surface area contributed by atoms with Crippen LogP contribution >= 0.6 is 27.5 Å². The summed E-state index contributed by atoms with van der Waals surface area (Å²) in [4.78, 5) is 0. The molecule has 0 saturated heterocycles. The average Bonchev–Trinajstić information content (AvgIpc) is 2.45. The summed E-state index contributed by atoms with van der Waals surface area (Å²) in [6.45, 7) is 0. The van der Waals surface area contributed by atoms with Crippen LogP contribution in [0.1, 0.15) is 17.2 Å². The van der Waals surface area contributed by atoms with Crippen LogP contribution in [0.25, 0.3) is 0 Å². The van der Waals surface area contributed by atoms with Crippen molar-refractivity contribution < 1.29 is 19.0 Å². The summed E-state index contributed by atoms with van der Waals surface area (Å²) in [5, 5.41) is 10.7. The highest BCUT2D eigenvalue weighted by Gasteiger charge is 2.21. The summed E-state index contributed by atoms with van der Waals surface area (Å²) in [6, 6.07) is 7.26. The van der Waals surface area contributed by atoms with Crippen molar-refractivity contribution in [2.45, 2.75) is 6.10 Å². The van der Waals surface area contributed by atoms with Gasteiger partial charge in [-0.25, -0.2) is 4.39 Å². The van der Waals surface area contributed by atoms with Gasteiger partial charge in [0, 0.05) is 10.6 Å². The zero-order chi connectivity index (χ0) is 15.6. The van der Waals surface area contributed by atoms with E-state index in [-0.39, 0.29) is 5.02 Å². The van der Waals surface area contributed by atoms with Gasteiger partial charge in [-0.15, -0.1) is 0 Å². The molecule has 1 atom stereocenters. The molecular formula is C15H13BrClFO3. The number of benzene rings is 2. The van der Waals surface area contributed by atoms with Crippen molar-refractivity contribution in [3.63, 3.8) is 0 Å². The molecule has 21 heavy (non-hydrogen) atoms. The van der Waals surface area contributed by atoms with Gasteiger partial charge in [0.25, 0.3) is 0 Å². The third-order valence-corrected chi connectivity index (χ3v) is 3.98. The van der Waals surface area contributed by atoms with Crippen LogP contribution < -0.4 is 9.47 Å². The van der Waals surface area contributed by atoms with Gasteiger partial charge in [0.1, 0.15) is 27.9 Å². The summed E-state index contributed by atoms with van der Waals surface area (Å²) >= 11 is 9.18. The van der Waals surface area contributed by atoms with Gasteiger partial charge in [0.2, 0.25) is 0 Å². The van der Waals surface area contributed by atoms with E-state index in [1.54, 1.807) is 12.1 Å². The van der Waals surface area contributed by atoms with Gasteiger partial charge in [-0.1, -0.05) is 11.6 Å². The Balaban J connectivity index is 2.52. The third kappa shape index (κ3) is 3.31. The van der Waals surface area contributed by atoms with Crippen molar-refractivity contribution in [1.29, 1.82) is 0 Å². The highest BCUT2D eigenvalue weighted by atomic mass is 79.9. The Morgan fingerprint density at radius 1 is 1.19 bits per heavy atom. The van der Waals surface area contributed by atoms with Crippen LogP contribution in [-0.4, -0.2) is 19.3 Å². The van der Waals surface area contributed by atoms with Crippen molar-refractivity contribution in [2.24, 2.45) is 0 Å². The highest BCUT2D eigenvalue weighted by Crippen LogP contribution is 2.41. The van der Waals surface area contributed by atoms with Gasteiger partial charge in [0.15, 0.2) is 0 Å². The molecule has 0 amide bonds. The topological polar surface area (TPSA) is 38.7 Å². The SMILES string of the molecule is COc1ccc(C(O)c2cc(F)cc(Cl)c2)c(OC)c1Br. The fourth-order valence-corrected chi connectivity index (χ4v) is 2.96. The number of aliphatic hydroxyl groups excluding tert-OH is 1. The Bertz CT molecular complexity index is 643. The molecule has 0 radical (unpaired) electrons. The first-order valence-electron chi connectivity index (χ1n) is 6.02. The van der Waals surface area contributed by atoms with Crippen LogP contribution in [0.15, 0.2) is 34.8 Å². The van der Waals surface area contributed by atoms with Gasteiger partial charge in [-0.05, 0) is 51.8 Å². The smallest absolute Gasteiger partial charge is 0.142 e. The fraction of sp³-hybridized carbons (Fsp3) is 0.200. The molecule has 3 nitrogen and oxygen atoms in total. The van der Waals surface area contributed by atoms with Gasteiger partial charge >= 0.3 is 0 Å². The standard InChI is InChI=1S/C15H13BrClFO3/c1-20-12-4-3-11(15(21-2)13(12)16)14(19)8-5-9(17)7-10(18)6-8/h3-7,14,19H,1-2H3. The van der Waals surface area contributed by atoms with E-state index >= 15 is 0 Å². The molecule has 0 saturated carbocycles. The highest BCUT2D eigenvalue weighted by molar-refractivity contribution is 9.10. The van der Waals surface area contributed by atoms with Crippen LogP contribution in [0.2, 0.25) is 5.02 Å². The minimum Gasteiger partial charge on any atom is -0.495 e. The van der Waals surface area contributed by atoms with Crippen molar-refractivity contribution in [2.75, 3.05) is 14.2 Å². The first kappa shape index (κ1) is 16.1. The molecular weight excluding hydrogens is 363 g/mol. The molecule has 1 N–H and O–H groups in total. The van der Waals surface area contributed by atoms with E-state index < -0.39 is 11.9 Å². The minimum absolute atomic E-state index is 0.218. The lowest BCUT2D eigenvalue weighted by molar-refractivity contribution is 0.213. The summed E-state index contributed by atoms with van der Waals surface area (Å²) in [6.07, 6.45) is -1.07. The molecule has 0 aliphatic carbocycles. The molecule has 0 aliphatic heterocycles. The van der Waals surface area contributed by atoms with Gasteiger partial charge in [-0.2, -0.15) is 0 Å². The maximum Gasteiger partial charge on any atom is 0.142 e. The molecule has 1 unspecified atom stereocenters. The molecule has 6 heteroatoms. The predicted octanol–water partition coefficient (Wildman–Crippen LogP) is 4.34. The molecule has 2 rings (SSSR count). The lowest BCUT2D eigenvalue weighted by Gasteiger charge is -2.18. The van der Waals surface area contributed by atoms with Crippen molar-refractivity contribution in [3.05, 3.63) is 56.8 Å². The predicted molar refractivity (Wildman–Crippen MR) is 82.7 cm³/mol. The van der Waals surface area contributed by atoms with E-state index in [9.17, 15) is 9.50 Å². The largest absolute Gasteiger partial charge is 0.495 e. The second-order valence-corrected chi connectivity index (χ2v) is 5.54. The van der Waals surface area contributed by atoms with Crippen LogP contribution in [-0.2, 0) is 0 Å². The molecule has 2 aromatic carbocycles. The molecule has 112 valence electrons. The number of hydrogen-bond donors (Lipinski definition) is 1. The van der Waals surface area contributed by atoms with E-state index in [0.717, 1.165) is 0 Å². The quantitative estimate of drug-likeness (QED) is 0.864. The molecule has 0 heterocycles. The Kier molecular flexibility index (Phi) is 5.08. The van der Waals surface area contributed by atoms with E-state index in [4.69, 9.17) is 21.1 Å². The Labute approximate surface area is 135 Å². The monoisotopic (exact) mass is 374 g/mol. The number of methoxy groups -OCH3 is 2. The Hall–Kier alpha value is -1.30. The average molecular weight is 376 g/mol.